The molecule has 0 atom stereocenters. The normalized spacial score (nSPS) is 18.4. The quantitative estimate of drug-likeness (QED) is 0.613. The first-order valence-corrected chi connectivity index (χ1v) is 10.8. The number of carbonyl (C=O) groups excluding carboxylic acids is 1. The van der Waals surface area contributed by atoms with Crippen molar-refractivity contribution >= 4 is 17.5 Å². The van der Waals surface area contributed by atoms with Crippen molar-refractivity contribution in [3.63, 3.8) is 0 Å². The lowest BCUT2D eigenvalue weighted by Gasteiger charge is -2.36. The van der Waals surface area contributed by atoms with E-state index in [0.717, 1.165) is 56.8 Å². The minimum absolute atomic E-state index is 0.192. The molecule has 2 fully saturated rings. The number of hydrogen-bond donors (Lipinski definition) is 0. The number of aromatic nitrogens is 1. The van der Waals surface area contributed by atoms with Gasteiger partial charge in [-0.3, -0.25) is 9.69 Å². The Bertz CT molecular complexity index is 1020. The highest BCUT2D eigenvalue weighted by atomic mass is 35.5. The average Bonchev–Trinajstić information content (AvgIpc) is 3.44. The van der Waals surface area contributed by atoms with Crippen LogP contribution in [0.3, 0.4) is 0 Å². The van der Waals surface area contributed by atoms with Gasteiger partial charge in [-0.2, -0.15) is 0 Å². The maximum Gasteiger partial charge on any atom is 0.235 e. The molecule has 30 heavy (non-hydrogen) atoms. The fraction of sp³-hybridized carbons (Fsp3) is 0.333. The monoisotopic (exact) mass is 421 g/mol. The van der Waals surface area contributed by atoms with Crippen molar-refractivity contribution < 1.29 is 9.32 Å². The molecule has 1 aromatic heterocycles. The summed E-state index contributed by atoms with van der Waals surface area (Å²) in [4.78, 5) is 17.8. The van der Waals surface area contributed by atoms with E-state index < -0.39 is 5.41 Å². The molecule has 2 heterocycles. The van der Waals surface area contributed by atoms with Gasteiger partial charge in [0.25, 0.3) is 0 Å². The lowest BCUT2D eigenvalue weighted by atomic mass is 9.99. The molecular formula is C24H24ClN3O2. The molecule has 0 N–H and O–H groups in total. The van der Waals surface area contributed by atoms with E-state index in [4.69, 9.17) is 16.1 Å². The standard InChI is InChI=1S/C24H24ClN3O2/c25-20-8-6-19(7-9-20)21-16-22(26-30-21)24(10-11-24)23(29)28-14-12-27(13-15-28)17-18-4-2-1-3-5-18/h1-9,16H,10-15,17H2. The van der Waals surface area contributed by atoms with E-state index >= 15 is 0 Å². The Labute approximate surface area is 181 Å². The topological polar surface area (TPSA) is 49.6 Å². The predicted octanol–water partition coefficient (Wildman–Crippen LogP) is 4.37. The summed E-state index contributed by atoms with van der Waals surface area (Å²) < 4.78 is 5.57. The first-order chi connectivity index (χ1) is 14.6. The highest BCUT2D eigenvalue weighted by molar-refractivity contribution is 6.30. The van der Waals surface area contributed by atoms with Gasteiger partial charge < -0.3 is 9.42 Å². The number of hydrogen-bond acceptors (Lipinski definition) is 4. The summed E-state index contributed by atoms with van der Waals surface area (Å²) in [5, 5.41) is 4.95. The van der Waals surface area contributed by atoms with Gasteiger partial charge in [0, 0.05) is 49.4 Å². The maximum atomic E-state index is 13.3. The molecule has 1 aliphatic heterocycles. The summed E-state index contributed by atoms with van der Waals surface area (Å²) in [5.74, 6) is 0.867. The van der Waals surface area contributed by atoms with Gasteiger partial charge in [0.2, 0.25) is 5.91 Å². The Balaban J connectivity index is 1.24. The van der Waals surface area contributed by atoms with Gasteiger partial charge in [-0.15, -0.1) is 0 Å². The molecule has 0 bridgehead atoms. The zero-order valence-electron chi connectivity index (χ0n) is 16.8. The van der Waals surface area contributed by atoms with Gasteiger partial charge >= 0.3 is 0 Å². The largest absolute Gasteiger partial charge is 0.356 e. The van der Waals surface area contributed by atoms with Gasteiger partial charge in [0.15, 0.2) is 5.76 Å². The van der Waals surface area contributed by atoms with Crippen LogP contribution in [0.2, 0.25) is 5.02 Å². The number of amides is 1. The molecule has 2 aliphatic rings. The van der Waals surface area contributed by atoms with Gasteiger partial charge in [0.1, 0.15) is 0 Å². The summed E-state index contributed by atoms with van der Waals surface area (Å²) in [6.07, 6.45) is 1.67. The molecule has 1 amide bonds. The molecular weight excluding hydrogens is 398 g/mol. The molecule has 6 heteroatoms. The van der Waals surface area contributed by atoms with Crippen LogP contribution >= 0.6 is 11.6 Å². The molecule has 0 unspecified atom stereocenters. The van der Waals surface area contributed by atoms with Gasteiger partial charge in [-0.25, -0.2) is 0 Å². The molecule has 2 aromatic carbocycles. The minimum atomic E-state index is -0.504. The molecule has 0 spiro atoms. The van der Waals surface area contributed by atoms with Crippen molar-refractivity contribution in [2.75, 3.05) is 26.2 Å². The van der Waals surface area contributed by atoms with E-state index in [0.29, 0.717) is 10.8 Å². The number of nitrogens with zero attached hydrogens (tertiary/aromatic N) is 3. The van der Waals surface area contributed by atoms with E-state index in [9.17, 15) is 4.79 Å². The average molecular weight is 422 g/mol. The highest BCUT2D eigenvalue weighted by Gasteiger charge is 2.55. The molecule has 154 valence electrons. The van der Waals surface area contributed by atoms with Crippen molar-refractivity contribution in [1.29, 1.82) is 0 Å². The molecule has 1 saturated carbocycles. The first-order valence-electron chi connectivity index (χ1n) is 10.4. The zero-order valence-corrected chi connectivity index (χ0v) is 17.5. The van der Waals surface area contributed by atoms with Crippen LogP contribution in [-0.4, -0.2) is 47.0 Å². The van der Waals surface area contributed by atoms with Crippen LogP contribution in [0.25, 0.3) is 11.3 Å². The SMILES string of the molecule is O=C(N1CCN(Cc2ccccc2)CC1)C1(c2cc(-c3ccc(Cl)cc3)on2)CC1. The molecule has 5 rings (SSSR count). The summed E-state index contributed by atoms with van der Waals surface area (Å²) in [5.41, 5.74) is 2.48. The molecule has 1 aliphatic carbocycles. The minimum Gasteiger partial charge on any atom is -0.356 e. The van der Waals surface area contributed by atoms with E-state index in [2.05, 4.69) is 34.3 Å². The van der Waals surface area contributed by atoms with E-state index in [1.54, 1.807) is 0 Å². The molecule has 1 saturated heterocycles. The van der Waals surface area contributed by atoms with Gasteiger partial charge in [-0.1, -0.05) is 47.1 Å². The number of carbonyl (C=O) groups is 1. The summed E-state index contributed by atoms with van der Waals surface area (Å²) in [6, 6.07) is 19.9. The fourth-order valence-corrected chi connectivity index (χ4v) is 4.33. The predicted molar refractivity (Wildman–Crippen MR) is 116 cm³/mol. The van der Waals surface area contributed by atoms with E-state index in [1.165, 1.54) is 5.56 Å². The zero-order chi connectivity index (χ0) is 20.6. The van der Waals surface area contributed by atoms with Gasteiger partial charge in [-0.05, 0) is 42.7 Å². The molecule has 0 radical (unpaired) electrons. The smallest absolute Gasteiger partial charge is 0.235 e. The Hall–Kier alpha value is -2.63. The van der Waals surface area contributed by atoms with Crippen LogP contribution in [0.5, 0.6) is 0 Å². The van der Waals surface area contributed by atoms with E-state index in [-0.39, 0.29) is 5.91 Å². The lowest BCUT2D eigenvalue weighted by Crippen LogP contribution is -2.51. The number of benzene rings is 2. The fourth-order valence-electron chi connectivity index (χ4n) is 4.21. The summed E-state index contributed by atoms with van der Waals surface area (Å²) in [7, 11) is 0. The van der Waals surface area contributed by atoms with Crippen LogP contribution < -0.4 is 0 Å². The number of halogens is 1. The third-order valence-corrected chi connectivity index (χ3v) is 6.45. The van der Waals surface area contributed by atoms with E-state index in [1.807, 2.05) is 41.3 Å². The second-order valence-electron chi connectivity index (χ2n) is 8.22. The van der Waals surface area contributed by atoms with Crippen molar-refractivity contribution in [1.82, 2.24) is 15.0 Å². The van der Waals surface area contributed by atoms with Crippen LogP contribution in [0.4, 0.5) is 0 Å². The Kier molecular flexibility index (Phi) is 5.09. The second kappa shape index (κ2) is 7.89. The van der Waals surface area contributed by atoms with Crippen molar-refractivity contribution in [2.45, 2.75) is 24.8 Å². The summed E-state index contributed by atoms with van der Waals surface area (Å²) >= 11 is 5.97. The van der Waals surface area contributed by atoms with Crippen molar-refractivity contribution in [3.05, 3.63) is 76.9 Å². The van der Waals surface area contributed by atoms with Crippen molar-refractivity contribution in [2.24, 2.45) is 0 Å². The first kappa shape index (κ1) is 19.3. The van der Waals surface area contributed by atoms with Crippen LogP contribution in [0.1, 0.15) is 24.1 Å². The Morgan fingerprint density at radius 2 is 1.70 bits per heavy atom. The number of rotatable bonds is 5. The Morgan fingerprint density at radius 3 is 2.37 bits per heavy atom. The maximum absolute atomic E-state index is 13.3. The molecule has 5 nitrogen and oxygen atoms in total. The third-order valence-electron chi connectivity index (χ3n) is 6.20. The van der Waals surface area contributed by atoms with Crippen molar-refractivity contribution in [3.8, 4) is 11.3 Å². The third kappa shape index (κ3) is 3.75. The highest BCUT2D eigenvalue weighted by Crippen LogP contribution is 2.50. The van der Waals surface area contributed by atoms with Crippen LogP contribution in [-0.2, 0) is 16.8 Å². The van der Waals surface area contributed by atoms with Gasteiger partial charge in [0.05, 0.1) is 11.1 Å². The second-order valence-corrected chi connectivity index (χ2v) is 8.66. The van der Waals surface area contributed by atoms with Crippen LogP contribution in [0.15, 0.2) is 65.2 Å². The van der Waals surface area contributed by atoms with Crippen LogP contribution in [0, 0.1) is 0 Å². The number of piperazine rings is 1. The molecule has 3 aromatic rings. The summed E-state index contributed by atoms with van der Waals surface area (Å²) in [6.45, 7) is 4.24. The Morgan fingerprint density at radius 1 is 1.00 bits per heavy atom. The lowest BCUT2D eigenvalue weighted by molar-refractivity contribution is -0.136.